The molecule has 1 aromatic heterocycles. The molecule has 0 radical (unpaired) electrons. The summed E-state index contributed by atoms with van der Waals surface area (Å²) in [4.78, 5) is 28.8. The van der Waals surface area contributed by atoms with Gasteiger partial charge in [0.1, 0.15) is 0 Å². The molecule has 7 nitrogen and oxygen atoms in total. The second-order valence-electron chi connectivity index (χ2n) is 8.57. The van der Waals surface area contributed by atoms with Crippen LogP contribution in [0.15, 0.2) is 47.4 Å². The van der Waals surface area contributed by atoms with Crippen LogP contribution in [0.4, 0.5) is 5.69 Å². The van der Waals surface area contributed by atoms with E-state index in [4.69, 9.17) is 0 Å². The van der Waals surface area contributed by atoms with Crippen LogP contribution in [-0.2, 0) is 11.3 Å². The number of H-pyrrole nitrogens is 1. The van der Waals surface area contributed by atoms with Crippen molar-refractivity contribution in [1.82, 2.24) is 20.4 Å². The van der Waals surface area contributed by atoms with Gasteiger partial charge >= 0.3 is 0 Å². The highest BCUT2D eigenvalue weighted by Gasteiger charge is 2.25. The van der Waals surface area contributed by atoms with E-state index in [0.29, 0.717) is 12.3 Å². The number of carbonyl (C=O) groups excluding carboxylic acids is 1. The fourth-order valence-electron chi connectivity index (χ4n) is 4.63. The van der Waals surface area contributed by atoms with Crippen LogP contribution in [0.5, 0.6) is 0 Å². The van der Waals surface area contributed by atoms with Gasteiger partial charge in [-0.3, -0.25) is 14.5 Å². The molecule has 3 heterocycles. The standard InChI is InChI=1S/C23H31N5O2/c29-22(13-19-7-4-10-28(17-19)21-14-23(30)26-24-15-21)25-20-8-11-27(12-9-20)16-18-5-2-1-3-6-18/h1-3,5-6,14-15,19-20H,4,7-13,16-17H2,(H,25,29)(H,26,30). The van der Waals surface area contributed by atoms with Gasteiger partial charge in [0.15, 0.2) is 0 Å². The summed E-state index contributed by atoms with van der Waals surface area (Å²) >= 11 is 0. The number of rotatable bonds is 6. The van der Waals surface area contributed by atoms with Crippen molar-refractivity contribution in [1.29, 1.82) is 0 Å². The van der Waals surface area contributed by atoms with Crippen molar-refractivity contribution in [2.24, 2.45) is 5.92 Å². The predicted molar refractivity (Wildman–Crippen MR) is 117 cm³/mol. The smallest absolute Gasteiger partial charge is 0.266 e. The minimum absolute atomic E-state index is 0.160. The van der Waals surface area contributed by atoms with Crippen LogP contribution in [0, 0.1) is 5.92 Å². The van der Waals surface area contributed by atoms with E-state index in [1.807, 2.05) is 6.07 Å². The van der Waals surface area contributed by atoms with Gasteiger partial charge in [0.05, 0.1) is 11.9 Å². The molecule has 0 spiro atoms. The number of nitrogens with zero attached hydrogens (tertiary/aromatic N) is 3. The molecule has 1 atom stereocenters. The summed E-state index contributed by atoms with van der Waals surface area (Å²) in [6.07, 6.45) is 6.34. The van der Waals surface area contributed by atoms with Crippen LogP contribution >= 0.6 is 0 Å². The average molecular weight is 410 g/mol. The lowest BCUT2D eigenvalue weighted by atomic mass is 9.93. The number of hydrogen-bond donors (Lipinski definition) is 2. The Balaban J connectivity index is 1.21. The van der Waals surface area contributed by atoms with Gasteiger partial charge in [-0.1, -0.05) is 30.3 Å². The Morgan fingerprint density at radius 2 is 1.93 bits per heavy atom. The van der Waals surface area contributed by atoms with Gasteiger partial charge in [0.2, 0.25) is 5.91 Å². The fourth-order valence-corrected chi connectivity index (χ4v) is 4.63. The van der Waals surface area contributed by atoms with Crippen LogP contribution in [0.3, 0.4) is 0 Å². The van der Waals surface area contributed by atoms with E-state index in [1.54, 1.807) is 12.3 Å². The van der Waals surface area contributed by atoms with E-state index in [0.717, 1.165) is 64.1 Å². The molecule has 2 saturated heterocycles. The van der Waals surface area contributed by atoms with Crippen LogP contribution in [-0.4, -0.2) is 53.2 Å². The molecule has 1 aromatic carbocycles. The molecular formula is C23H31N5O2. The maximum atomic E-state index is 12.6. The van der Waals surface area contributed by atoms with Crippen molar-refractivity contribution in [2.45, 2.75) is 44.7 Å². The first kappa shape index (κ1) is 20.6. The van der Waals surface area contributed by atoms with Gasteiger partial charge < -0.3 is 10.2 Å². The second kappa shape index (κ2) is 9.89. The number of piperidine rings is 2. The maximum Gasteiger partial charge on any atom is 0.266 e. The molecule has 1 amide bonds. The minimum atomic E-state index is -0.189. The number of aromatic nitrogens is 2. The monoisotopic (exact) mass is 409 g/mol. The van der Waals surface area contributed by atoms with Gasteiger partial charge in [0, 0.05) is 51.3 Å². The highest BCUT2D eigenvalue weighted by molar-refractivity contribution is 5.76. The Kier molecular flexibility index (Phi) is 6.79. The number of amides is 1. The molecule has 4 rings (SSSR count). The normalized spacial score (nSPS) is 20.8. The third-order valence-corrected chi connectivity index (χ3v) is 6.21. The van der Waals surface area contributed by atoms with Gasteiger partial charge in [0.25, 0.3) is 5.56 Å². The summed E-state index contributed by atoms with van der Waals surface area (Å²) in [5.41, 5.74) is 2.00. The lowest BCUT2D eigenvalue weighted by molar-refractivity contribution is -0.123. The zero-order chi connectivity index (χ0) is 20.8. The van der Waals surface area contributed by atoms with Gasteiger partial charge in [-0.2, -0.15) is 5.10 Å². The minimum Gasteiger partial charge on any atom is -0.370 e. The molecule has 2 aromatic rings. The molecule has 2 fully saturated rings. The summed E-state index contributed by atoms with van der Waals surface area (Å²) in [5, 5.41) is 9.57. The second-order valence-corrected chi connectivity index (χ2v) is 8.57. The SMILES string of the molecule is O=C(CC1CCCN(c2cn[nH]c(=O)c2)C1)NC1CCN(Cc2ccccc2)CC1. The van der Waals surface area contributed by atoms with Crippen LogP contribution in [0.25, 0.3) is 0 Å². The lowest BCUT2D eigenvalue weighted by Gasteiger charge is -2.35. The first-order chi connectivity index (χ1) is 14.7. The third-order valence-electron chi connectivity index (χ3n) is 6.21. The molecule has 30 heavy (non-hydrogen) atoms. The van der Waals surface area contributed by atoms with E-state index >= 15 is 0 Å². The number of aromatic amines is 1. The Morgan fingerprint density at radius 3 is 2.70 bits per heavy atom. The summed E-state index contributed by atoms with van der Waals surface area (Å²) in [5.74, 6) is 0.476. The highest BCUT2D eigenvalue weighted by Crippen LogP contribution is 2.24. The van der Waals surface area contributed by atoms with Gasteiger partial charge in [-0.15, -0.1) is 0 Å². The number of hydrogen-bond acceptors (Lipinski definition) is 5. The van der Waals surface area contributed by atoms with E-state index in [-0.39, 0.29) is 17.5 Å². The Bertz CT molecular complexity index is 876. The zero-order valence-corrected chi connectivity index (χ0v) is 17.4. The molecule has 2 aliphatic rings. The highest BCUT2D eigenvalue weighted by atomic mass is 16.1. The van der Waals surface area contributed by atoms with Crippen molar-refractivity contribution in [3.8, 4) is 0 Å². The number of nitrogens with one attached hydrogen (secondary N) is 2. The fraction of sp³-hybridized carbons (Fsp3) is 0.522. The van der Waals surface area contributed by atoms with Crippen molar-refractivity contribution < 1.29 is 4.79 Å². The van der Waals surface area contributed by atoms with Crippen molar-refractivity contribution in [3.63, 3.8) is 0 Å². The van der Waals surface area contributed by atoms with Crippen molar-refractivity contribution in [3.05, 3.63) is 58.5 Å². The van der Waals surface area contributed by atoms with Gasteiger partial charge in [-0.25, -0.2) is 5.10 Å². The molecule has 160 valence electrons. The number of likely N-dealkylation sites (tertiary alicyclic amines) is 1. The molecule has 0 aliphatic carbocycles. The van der Waals surface area contributed by atoms with E-state index in [2.05, 4.69) is 49.6 Å². The largest absolute Gasteiger partial charge is 0.370 e. The number of carbonyl (C=O) groups is 1. The average Bonchev–Trinajstić information content (AvgIpc) is 2.76. The van der Waals surface area contributed by atoms with Gasteiger partial charge in [-0.05, 0) is 37.2 Å². The Morgan fingerprint density at radius 1 is 1.13 bits per heavy atom. The summed E-state index contributed by atoms with van der Waals surface area (Å²) in [6.45, 7) is 4.73. The molecule has 1 unspecified atom stereocenters. The van der Waals surface area contributed by atoms with E-state index in [1.165, 1.54) is 5.56 Å². The summed E-state index contributed by atoms with van der Waals surface area (Å²) < 4.78 is 0. The van der Waals surface area contributed by atoms with Crippen LogP contribution < -0.4 is 15.8 Å². The van der Waals surface area contributed by atoms with E-state index < -0.39 is 0 Å². The number of anilines is 1. The van der Waals surface area contributed by atoms with Crippen molar-refractivity contribution in [2.75, 3.05) is 31.1 Å². The molecule has 0 bridgehead atoms. The Labute approximate surface area is 177 Å². The summed E-state index contributed by atoms with van der Waals surface area (Å²) in [6, 6.07) is 12.4. The third kappa shape index (κ3) is 5.69. The van der Waals surface area contributed by atoms with Crippen LogP contribution in [0.2, 0.25) is 0 Å². The van der Waals surface area contributed by atoms with E-state index in [9.17, 15) is 9.59 Å². The molecule has 0 saturated carbocycles. The molecule has 2 N–H and O–H groups in total. The first-order valence-corrected chi connectivity index (χ1v) is 11.0. The Hall–Kier alpha value is -2.67. The summed E-state index contributed by atoms with van der Waals surface area (Å²) in [7, 11) is 0. The number of benzene rings is 1. The maximum absolute atomic E-state index is 12.6. The first-order valence-electron chi connectivity index (χ1n) is 11.0. The topological polar surface area (TPSA) is 81.3 Å². The van der Waals surface area contributed by atoms with Crippen LogP contribution in [0.1, 0.15) is 37.7 Å². The molecular weight excluding hydrogens is 378 g/mol. The zero-order valence-electron chi connectivity index (χ0n) is 17.4. The van der Waals surface area contributed by atoms with Crippen molar-refractivity contribution >= 4 is 11.6 Å². The predicted octanol–water partition coefficient (Wildman–Crippen LogP) is 2.16. The molecule has 2 aliphatic heterocycles. The lowest BCUT2D eigenvalue weighted by Crippen LogP contribution is -2.45. The molecule has 7 heteroatoms. The quantitative estimate of drug-likeness (QED) is 0.764.